The van der Waals surface area contributed by atoms with Crippen molar-refractivity contribution in [1.29, 1.82) is 0 Å². The molecule has 2 aromatic carbocycles. The maximum Gasteiger partial charge on any atom is 0.308 e. The number of hydrogen-bond acceptors (Lipinski definition) is 9. The second-order valence-corrected chi connectivity index (χ2v) is 10.5. The molecule has 5 N–H and O–H groups in total. The Kier molecular flexibility index (Phi) is 12.4. The molecule has 40 heavy (non-hydrogen) atoms. The number of nitrogens with two attached hydrogens (primary N) is 1. The van der Waals surface area contributed by atoms with Gasteiger partial charge in [0.25, 0.3) is 5.97 Å². The number of ketones is 1. The Balaban J connectivity index is 0.000000708. The first-order chi connectivity index (χ1) is 18.7. The van der Waals surface area contributed by atoms with Crippen LogP contribution in [0.3, 0.4) is 0 Å². The van der Waals surface area contributed by atoms with Crippen LogP contribution in [0.2, 0.25) is 5.02 Å². The number of likely N-dealkylation sites (tertiary alicyclic amines) is 1. The number of benzene rings is 2. The molecule has 10 nitrogen and oxygen atoms in total. The smallest absolute Gasteiger partial charge is 0.308 e. The number of ether oxygens (including phenoxy) is 1. The van der Waals surface area contributed by atoms with E-state index in [1.807, 2.05) is 25.1 Å². The molecule has 0 aromatic heterocycles. The van der Waals surface area contributed by atoms with E-state index in [4.69, 9.17) is 37.4 Å². The highest BCUT2D eigenvalue weighted by molar-refractivity contribution is 6.30. The van der Waals surface area contributed by atoms with Gasteiger partial charge in [-0.05, 0) is 88.5 Å². The first-order valence-corrected chi connectivity index (χ1v) is 13.6. The molecule has 0 unspecified atom stereocenters. The summed E-state index contributed by atoms with van der Waals surface area (Å²) in [5.41, 5.74) is 6.67. The minimum atomic E-state index is -2.45. The topological polar surface area (TPSA) is 159 Å². The van der Waals surface area contributed by atoms with Crippen LogP contribution >= 0.6 is 11.6 Å². The molecule has 0 saturated carbocycles. The van der Waals surface area contributed by atoms with E-state index in [9.17, 15) is 19.3 Å². The first kappa shape index (κ1) is 33.5. The van der Waals surface area contributed by atoms with Gasteiger partial charge in [-0.15, -0.1) is 0 Å². The van der Waals surface area contributed by atoms with E-state index in [1.165, 1.54) is 6.07 Å². The van der Waals surface area contributed by atoms with Crippen molar-refractivity contribution in [3.8, 4) is 5.75 Å². The summed E-state index contributed by atoms with van der Waals surface area (Å²) in [6, 6.07) is 8.20. The fraction of sp³-hybridized carbons (Fsp3) is 0.536. The molecule has 1 aliphatic heterocycles. The van der Waals surface area contributed by atoms with Gasteiger partial charge in [0.2, 0.25) is 5.82 Å². The summed E-state index contributed by atoms with van der Waals surface area (Å²) in [4.78, 5) is 25.3. The summed E-state index contributed by atoms with van der Waals surface area (Å²) in [6.07, 6.45) is 2.11. The molecule has 0 amide bonds. The van der Waals surface area contributed by atoms with Gasteiger partial charge in [0.1, 0.15) is 18.1 Å². The number of nitrogens with zero attached hydrogens (tertiary/aromatic N) is 2. The Hall–Kier alpha value is -2.67. The van der Waals surface area contributed by atoms with E-state index in [2.05, 4.69) is 4.90 Å². The molecule has 1 saturated heterocycles. The highest BCUT2D eigenvalue weighted by Crippen LogP contribution is 2.39. The molecular formula is C28H39ClFN3O7. The second-order valence-electron chi connectivity index (χ2n) is 10.0. The standard InChI is InChI=1S/C24H29ClFN3O4.C4H10O3/c1-16-3-4-19(25)14-21(16)24(17(2)30)6-9-28(10-7-24)11-12-33-20-13-18(5-8-27)23(29(31)32)22(26)15-20;1-2-3-4(5,6)7/h3-4,13-15H,5-12,27H2,1-2H3;5-7H,2-3H2,1H3. The number of hydrogen-bond donors (Lipinski definition) is 4. The molecule has 0 bridgehead atoms. The molecule has 0 atom stereocenters. The minimum Gasteiger partial charge on any atom is -0.492 e. The lowest BCUT2D eigenvalue weighted by atomic mass is 9.69. The zero-order valence-corrected chi connectivity index (χ0v) is 23.9. The molecule has 0 aliphatic carbocycles. The number of aliphatic hydroxyl groups is 3. The molecule has 0 spiro atoms. The third-order valence-electron chi connectivity index (χ3n) is 7.07. The van der Waals surface area contributed by atoms with E-state index in [1.54, 1.807) is 13.8 Å². The number of nitro groups is 1. The number of aryl methyl sites for hydroxylation is 1. The van der Waals surface area contributed by atoms with Crippen LogP contribution in [0.5, 0.6) is 5.75 Å². The summed E-state index contributed by atoms with van der Waals surface area (Å²) < 4.78 is 19.9. The average Bonchev–Trinajstić information content (AvgIpc) is 2.85. The van der Waals surface area contributed by atoms with Crippen molar-refractivity contribution in [2.75, 3.05) is 32.8 Å². The average molecular weight is 584 g/mol. The lowest BCUT2D eigenvalue weighted by molar-refractivity contribution is -0.388. The van der Waals surface area contributed by atoms with Crippen LogP contribution in [0.4, 0.5) is 10.1 Å². The maximum absolute atomic E-state index is 14.2. The fourth-order valence-electron chi connectivity index (χ4n) is 4.97. The first-order valence-electron chi connectivity index (χ1n) is 13.2. The molecule has 12 heteroatoms. The maximum atomic E-state index is 14.2. The number of nitro benzene ring substituents is 1. The van der Waals surface area contributed by atoms with E-state index in [-0.39, 0.29) is 36.5 Å². The van der Waals surface area contributed by atoms with Crippen LogP contribution in [0, 0.1) is 22.9 Å². The summed E-state index contributed by atoms with van der Waals surface area (Å²) in [6.45, 7) is 7.86. The van der Waals surface area contributed by atoms with Crippen molar-refractivity contribution in [3.05, 3.63) is 68.0 Å². The Morgan fingerprint density at radius 2 is 1.90 bits per heavy atom. The quantitative estimate of drug-likeness (QED) is 0.176. The second kappa shape index (κ2) is 14.8. The van der Waals surface area contributed by atoms with Gasteiger partial charge in [-0.1, -0.05) is 24.6 Å². The predicted octanol–water partition coefficient (Wildman–Crippen LogP) is 3.62. The predicted molar refractivity (Wildman–Crippen MR) is 150 cm³/mol. The monoisotopic (exact) mass is 583 g/mol. The van der Waals surface area contributed by atoms with Crippen LogP contribution in [0.1, 0.15) is 56.2 Å². The van der Waals surface area contributed by atoms with Crippen molar-refractivity contribution >= 4 is 23.1 Å². The lowest BCUT2D eigenvalue weighted by Gasteiger charge is -2.41. The van der Waals surface area contributed by atoms with E-state index >= 15 is 0 Å². The molecule has 3 rings (SSSR count). The van der Waals surface area contributed by atoms with Gasteiger partial charge < -0.3 is 25.8 Å². The zero-order valence-electron chi connectivity index (χ0n) is 23.2. The largest absolute Gasteiger partial charge is 0.492 e. The van der Waals surface area contributed by atoms with Gasteiger partial charge in [-0.2, -0.15) is 4.39 Å². The van der Waals surface area contributed by atoms with Crippen LogP contribution in [0.25, 0.3) is 0 Å². The van der Waals surface area contributed by atoms with Crippen LogP contribution in [0.15, 0.2) is 30.3 Å². The van der Waals surface area contributed by atoms with Crippen molar-refractivity contribution in [2.24, 2.45) is 5.73 Å². The van der Waals surface area contributed by atoms with Crippen molar-refractivity contribution in [1.82, 2.24) is 4.90 Å². The molecular weight excluding hydrogens is 545 g/mol. The molecule has 1 aliphatic rings. The van der Waals surface area contributed by atoms with Crippen LogP contribution < -0.4 is 10.5 Å². The van der Waals surface area contributed by atoms with Gasteiger partial charge in [0, 0.05) is 29.6 Å². The van der Waals surface area contributed by atoms with Gasteiger partial charge in [0.05, 0.1) is 10.3 Å². The summed E-state index contributed by atoms with van der Waals surface area (Å²) in [7, 11) is 0. The van der Waals surface area contributed by atoms with Gasteiger partial charge >= 0.3 is 5.69 Å². The van der Waals surface area contributed by atoms with E-state index < -0.39 is 27.8 Å². The van der Waals surface area contributed by atoms with Crippen LogP contribution in [-0.2, 0) is 16.6 Å². The summed E-state index contributed by atoms with van der Waals surface area (Å²) in [5, 5.41) is 36.1. The van der Waals surface area contributed by atoms with Crippen LogP contribution in [-0.4, -0.2) is 69.7 Å². The summed E-state index contributed by atoms with van der Waals surface area (Å²) >= 11 is 6.22. The zero-order chi connectivity index (χ0) is 30.1. The van der Waals surface area contributed by atoms with Crippen molar-refractivity contribution in [3.63, 3.8) is 0 Å². The van der Waals surface area contributed by atoms with E-state index in [0.29, 0.717) is 50.5 Å². The van der Waals surface area contributed by atoms with Gasteiger partial charge in [0.15, 0.2) is 0 Å². The highest BCUT2D eigenvalue weighted by Gasteiger charge is 2.41. The minimum absolute atomic E-state index is 0.00694. The third-order valence-corrected chi connectivity index (χ3v) is 7.31. The number of piperidine rings is 1. The Labute approximate surface area is 238 Å². The molecule has 1 fully saturated rings. The highest BCUT2D eigenvalue weighted by atomic mass is 35.5. The molecule has 0 radical (unpaired) electrons. The number of Topliss-reactive ketones (excluding diaryl/α,β-unsaturated/α-hetero) is 1. The molecule has 222 valence electrons. The number of carbonyl (C=O) groups is 1. The third kappa shape index (κ3) is 9.18. The normalized spacial score (nSPS) is 15.2. The Morgan fingerprint density at radius 1 is 1.25 bits per heavy atom. The Morgan fingerprint density at radius 3 is 2.40 bits per heavy atom. The SMILES string of the molecule is CC(=O)C1(c2cc(Cl)ccc2C)CCN(CCOc2cc(F)c([N+](=O)[O-])c(CCN)c2)CC1.CCCC(O)(O)O. The lowest BCUT2D eigenvalue weighted by Crippen LogP contribution is -2.47. The van der Waals surface area contributed by atoms with E-state index in [0.717, 1.165) is 17.2 Å². The summed E-state index contributed by atoms with van der Waals surface area (Å²) in [5.74, 6) is -3.00. The molecule has 1 heterocycles. The number of rotatable bonds is 11. The molecule has 2 aromatic rings. The number of carbonyl (C=O) groups excluding carboxylic acids is 1. The van der Waals surface area contributed by atoms with Crippen molar-refractivity contribution in [2.45, 2.75) is 64.3 Å². The fourth-order valence-corrected chi connectivity index (χ4v) is 5.14. The van der Waals surface area contributed by atoms with Crippen molar-refractivity contribution < 1.29 is 34.2 Å². The Bertz CT molecular complexity index is 1170. The number of halogens is 2. The van der Waals surface area contributed by atoms with Gasteiger partial charge in [-0.25, -0.2) is 0 Å². The van der Waals surface area contributed by atoms with Gasteiger partial charge in [-0.3, -0.25) is 19.8 Å².